The second kappa shape index (κ2) is 3.87. The molecule has 0 unspecified atom stereocenters. The number of alkyl halides is 2. The van der Waals surface area contributed by atoms with Crippen LogP contribution in [0.3, 0.4) is 0 Å². The predicted octanol–water partition coefficient (Wildman–Crippen LogP) is 2.37. The van der Waals surface area contributed by atoms with Crippen LogP contribution in [0.2, 0.25) is 0 Å². The molecule has 0 saturated carbocycles. The molecule has 0 radical (unpaired) electrons. The molecule has 0 atom stereocenters. The molecule has 6 heteroatoms. The first kappa shape index (κ1) is 10.2. The molecule has 13 heavy (non-hydrogen) atoms. The Labute approximate surface area is 82.0 Å². The number of rotatable bonds is 2. The lowest BCUT2D eigenvalue weighted by molar-refractivity contribution is 0.141. The maximum absolute atomic E-state index is 12.3. The number of methoxy groups -OCH3 is 1. The number of nitrogens with two attached hydrogens (primary N) is 1. The van der Waals surface area contributed by atoms with Gasteiger partial charge in [-0.15, -0.1) is 0 Å². The second-order valence-electron chi connectivity index (χ2n) is 2.25. The van der Waals surface area contributed by atoms with E-state index in [1.807, 2.05) is 0 Å². The minimum Gasteiger partial charge on any atom is -0.493 e. The molecule has 3 nitrogen and oxygen atoms in total. The van der Waals surface area contributed by atoms with E-state index >= 15 is 0 Å². The molecule has 1 rings (SSSR count). The molecule has 0 aromatic carbocycles. The number of aromatic nitrogens is 1. The smallest absolute Gasteiger partial charge is 0.284 e. The van der Waals surface area contributed by atoms with Crippen LogP contribution in [-0.4, -0.2) is 12.1 Å². The Hall–Kier alpha value is -0.910. The van der Waals surface area contributed by atoms with E-state index in [1.165, 1.54) is 7.11 Å². The summed E-state index contributed by atoms with van der Waals surface area (Å²) in [4.78, 5) is 3.48. The van der Waals surface area contributed by atoms with Gasteiger partial charge in [-0.2, -0.15) is 0 Å². The van der Waals surface area contributed by atoms with Gasteiger partial charge in [0.15, 0.2) is 5.75 Å². The fourth-order valence-corrected chi connectivity index (χ4v) is 1.31. The van der Waals surface area contributed by atoms with Crippen LogP contribution in [0.15, 0.2) is 10.7 Å². The summed E-state index contributed by atoms with van der Waals surface area (Å²) in [5.74, 6) is -0.0185. The molecular weight excluding hydrogens is 246 g/mol. The minimum absolute atomic E-state index is 0.0185. The summed E-state index contributed by atoms with van der Waals surface area (Å²) in [6, 6.07) is 0. The molecule has 1 aromatic rings. The quantitative estimate of drug-likeness (QED) is 0.880. The Bertz CT molecular complexity index is 320. The van der Waals surface area contributed by atoms with E-state index in [4.69, 9.17) is 10.5 Å². The van der Waals surface area contributed by atoms with Gasteiger partial charge in [0.25, 0.3) is 6.43 Å². The maximum Gasteiger partial charge on any atom is 0.284 e. The predicted molar refractivity (Wildman–Crippen MR) is 47.9 cm³/mol. The molecule has 1 aromatic heterocycles. The molecule has 72 valence electrons. The van der Waals surface area contributed by atoms with Gasteiger partial charge in [0.05, 0.1) is 23.5 Å². The Morgan fingerprint density at radius 2 is 2.23 bits per heavy atom. The number of halogens is 3. The fraction of sp³-hybridized carbons (Fsp3) is 0.286. The third kappa shape index (κ3) is 1.88. The lowest BCUT2D eigenvalue weighted by Gasteiger charge is -2.09. The van der Waals surface area contributed by atoms with Crippen molar-refractivity contribution in [3.63, 3.8) is 0 Å². The third-order valence-corrected chi connectivity index (χ3v) is 2.26. The highest BCUT2D eigenvalue weighted by Gasteiger charge is 2.19. The van der Waals surface area contributed by atoms with Crippen molar-refractivity contribution in [2.45, 2.75) is 6.43 Å². The number of pyridine rings is 1. The summed E-state index contributed by atoms with van der Waals surface area (Å²) in [6.45, 7) is 0. The highest BCUT2D eigenvalue weighted by Crippen LogP contribution is 2.36. The molecule has 0 bridgehead atoms. The summed E-state index contributed by atoms with van der Waals surface area (Å²) >= 11 is 3.04. The molecule has 0 fully saturated rings. The first-order valence-corrected chi connectivity index (χ1v) is 4.13. The van der Waals surface area contributed by atoms with Crippen LogP contribution in [0.25, 0.3) is 0 Å². The SMILES string of the molecule is COc1c(C(F)F)ncc(N)c1Br. The lowest BCUT2D eigenvalue weighted by atomic mass is 10.3. The molecule has 0 spiro atoms. The zero-order valence-electron chi connectivity index (χ0n) is 6.72. The molecule has 0 saturated heterocycles. The van der Waals surface area contributed by atoms with Gasteiger partial charge in [0.1, 0.15) is 5.69 Å². The average molecular weight is 253 g/mol. The van der Waals surface area contributed by atoms with E-state index in [2.05, 4.69) is 20.9 Å². The van der Waals surface area contributed by atoms with Gasteiger partial charge in [-0.05, 0) is 15.9 Å². The number of ether oxygens (including phenoxy) is 1. The van der Waals surface area contributed by atoms with E-state index in [1.54, 1.807) is 0 Å². The van der Waals surface area contributed by atoms with Crippen LogP contribution < -0.4 is 10.5 Å². The van der Waals surface area contributed by atoms with Crippen molar-refractivity contribution in [1.29, 1.82) is 0 Å². The first-order chi connectivity index (χ1) is 6.07. The van der Waals surface area contributed by atoms with Gasteiger partial charge in [-0.25, -0.2) is 13.8 Å². The zero-order chi connectivity index (χ0) is 10.0. The van der Waals surface area contributed by atoms with Crippen LogP contribution in [0.4, 0.5) is 14.5 Å². The van der Waals surface area contributed by atoms with E-state index in [0.717, 1.165) is 6.20 Å². The monoisotopic (exact) mass is 252 g/mol. The van der Waals surface area contributed by atoms with Crippen molar-refractivity contribution in [3.8, 4) is 5.75 Å². The molecule has 2 N–H and O–H groups in total. The molecule has 0 amide bonds. The first-order valence-electron chi connectivity index (χ1n) is 3.34. The van der Waals surface area contributed by atoms with Crippen molar-refractivity contribution >= 4 is 21.6 Å². The largest absolute Gasteiger partial charge is 0.493 e. The topological polar surface area (TPSA) is 48.1 Å². The molecule has 1 heterocycles. The van der Waals surface area contributed by atoms with Crippen LogP contribution in [0.1, 0.15) is 12.1 Å². The lowest BCUT2D eigenvalue weighted by Crippen LogP contribution is -2.00. The van der Waals surface area contributed by atoms with Gasteiger partial charge < -0.3 is 10.5 Å². The number of hydrogen-bond acceptors (Lipinski definition) is 3. The van der Waals surface area contributed by atoms with E-state index in [0.29, 0.717) is 4.47 Å². The molecule has 0 aliphatic heterocycles. The summed E-state index contributed by atoms with van der Waals surface area (Å²) in [5, 5.41) is 0. The molecule has 0 aliphatic carbocycles. The number of hydrogen-bond donors (Lipinski definition) is 1. The Morgan fingerprint density at radius 1 is 1.62 bits per heavy atom. The Balaban J connectivity index is 3.30. The van der Waals surface area contributed by atoms with Crippen molar-refractivity contribution < 1.29 is 13.5 Å². The van der Waals surface area contributed by atoms with Crippen LogP contribution >= 0.6 is 15.9 Å². The van der Waals surface area contributed by atoms with Crippen molar-refractivity contribution in [2.24, 2.45) is 0 Å². The van der Waals surface area contributed by atoms with Gasteiger partial charge in [-0.3, -0.25) is 0 Å². The van der Waals surface area contributed by atoms with Crippen molar-refractivity contribution in [1.82, 2.24) is 4.98 Å². The van der Waals surface area contributed by atoms with Crippen LogP contribution in [0, 0.1) is 0 Å². The number of nitrogens with zero attached hydrogens (tertiary/aromatic N) is 1. The van der Waals surface area contributed by atoms with Crippen LogP contribution in [-0.2, 0) is 0 Å². The van der Waals surface area contributed by atoms with E-state index in [9.17, 15) is 8.78 Å². The highest BCUT2D eigenvalue weighted by atomic mass is 79.9. The Morgan fingerprint density at radius 3 is 2.69 bits per heavy atom. The van der Waals surface area contributed by atoms with Gasteiger partial charge in [0.2, 0.25) is 0 Å². The van der Waals surface area contributed by atoms with E-state index < -0.39 is 12.1 Å². The highest BCUT2D eigenvalue weighted by molar-refractivity contribution is 9.10. The Kier molecular flexibility index (Phi) is 3.02. The van der Waals surface area contributed by atoms with E-state index in [-0.39, 0.29) is 11.4 Å². The summed E-state index contributed by atoms with van der Waals surface area (Å²) in [5.41, 5.74) is 5.28. The number of nitrogen functional groups attached to an aromatic ring is 1. The van der Waals surface area contributed by atoms with Crippen molar-refractivity contribution in [3.05, 3.63) is 16.4 Å². The number of anilines is 1. The normalized spacial score (nSPS) is 10.5. The standard InChI is InChI=1S/C7H7BrF2N2O/c1-13-6-4(8)3(11)2-12-5(6)7(9)10/h2,7H,11H2,1H3. The summed E-state index contributed by atoms with van der Waals surface area (Å²) in [6.07, 6.45) is -1.51. The van der Waals surface area contributed by atoms with Gasteiger partial charge >= 0.3 is 0 Å². The molecule has 0 aliphatic rings. The molecular formula is C7H7BrF2N2O. The van der Waals surface area contributed by atoms with Gasteiger partial charge in [0, 0.05) is 0 Å². The minimum atomic E-state index is -2.67. The van der Waals surface area contributed by atoms with Gasteiger partial charge in [-0.1, -0.05) is 0 Å². The third-order valence-electron chi connectivity index (χ3n) is 1.44. The zero-order valence-corrected chi connectivity index (χ0v) is 8.31. The average Bonchev–Trinajstić information content (AvgIpc) is 2.09. The maximum atomic E-state index is 12.3. The van der Waals surface area contributed by atoms with Crippen LogP contribution in [0.5, 0.6) is 5.75 Å². The summed E-state index contributed by atoms with van der Waals surface area (Å²) < 4.78 is 29.7. The van der Waals surface area contributed by atoms with Crippen molar-refractivity contribution in [2.75, 3.05) is 12.8 Å². The summed E-state index contributed by atoms with van der Waals surface area (Å²) in [7, 11) is 1.28. The second-order valence-corrected chi connectivity index (χ2v) is 3.04. The fourth-order valence-electron chi connectivity index (χ4n) is 0.848.